The second-order valence-corrected chi connectivity index (χ2v) is 2.74. The summed E-state index contributed by atoms with van der Waals surface area (Å²) in [6.07, 6.45) is 1.81. The summed E-state index contributed by atoms with van der Waals surface area (Å²) >= 11 is 2.24. The maximum atomic E-state index is 4.03. The zero-order valence-corrected chi connectivity index (χ0v) is 7.51. The van der Waals surface area contributed by atoms with E-state index in [0.29, 0.717) is 0 Å². The van der Waals surface area contributed by atoms with Gasteiger partial charge in [0.2, 0.25) is 0 Å². The number of nitrogens with one attached hydrogen (secondary N) is 1. The summed E-state index contributed by atoms with van der Waals surface area (Å²) in [5.41, 5.74) is 1.08. The lowest BCUT2D eigenvalue weighted by atomic mass is 10.6. The summed E-state index contributed by atoms with van der Waals surface area (Å²) < 4.78 is 2.96. The fourth-order valence-electron chi connectivity index (χ4n) is 0.590. The third kappa shape index (κ3) is 1.17. The number of rotatable bonds is 1. The molecular formula is C5H8IN3. The molecule has 1 heterocycles. The van der Waals surface area contributed by atoms with Crippen LogP contribution in [0, 0.1) is 3.70 Å². The van der Waals surface area contributed by atoms with Crippen molar-refractivity contribution in [1.29, 1.82) is 0 Å². The molecule has 1 rings (SSSR count). The monoisotopic (exact) mass is 237 g/mol. The van der Waals surface area contributed by atoms with Crippen LogP contribution >= 0.6 is 22.6 Å². The smallest absolute Gasteiger partial charge is 0.122 e. The van der Waals surface area contributed by atoms with E-state index in [0.717, 1.165) is 9.39 Å². The Balaban J connectivity index is 3.04. The van der Waals surface area contributed by atoms with Gasteiger partial charge in [0.15, 0.2) is 0 Å². The lowest BCUT2D eigenvalue weighted by Gasteiger charge is -1.94. The zero-order valence-electron chi connectivity index (χ0n) is 5.35. The van der Waals surface area contributed by atoms with Crippen LogP contribution in [0.4, 0.5) is 5.69 Å². The number of anilines is 1. The van der Waals surface area contributed by atoms with Gasteiger partial charge in [-0.15, -0.1) is 0 Å². The van der Waals surface area contributed by atoms with E-state index in [-0.39, 0.29) is 0 Å². The number of halogens is 1. The van der Waals surface area contributed by atoms with Crippen molar-refractivity contribution in [2.75, 3.05) is 12.4 Å². The van der Waals surface area contributed by atoms with Gasteiger partial charge in [0.1, 0.15) is 3.70 Å². The molecular weight excluding hydrogens is 229 g/mol. The first kappa shape index (κ1) is 6.85. The standard InChI is InChI=1S/C5H8IN3/c1-7-4-3-8-9(2)5(4)6/h3,7H,1-2H3. The van der Waals surface area contributed by atoms with Gasteiger partial charge in [-0.25, -0.2) is 0 Å². The molecule has 0 aromatic carbocycles. The molecule has 0 bridgehead atoms. The molecule has 0 aliphatic rings. The van der Waals surface area contributed by atoms with Gasteiger partial charge in [0, 0.05) is 14.1 Å². The highest BCUT2D eigenvalue weighted by Gasteiger charge is 1.99. The summed E-state index contributed by atoms with van der Waals surface area (Å²) in [5.74, 6) is 0. The third-order valence-corrected chi connectivity index (χ3v) is 2.42. The van der Waals surface area contributed by atoms with Crippen molar-refractivity contribution >= 4 is 28.3 Å². The van der Waals surface area contributed by atoms with E-state index in [9.17, 15) is 0 Å². The molecule has 0 aliphatic heterocycles. The van der Waals surface area contributed by atoms with Crippen LogP contribution < -0.4 is 5.32 Å². The first-order chi connectivity index (χ1) is 4.25. The van der Waals surface area contributed by atoms with Crippen LogP contribution in [-0.2, 0) is 7.05 Å². The molecule has 0 spiro atoms. The highest BCUT2D eigenvalue weighted by atomic mass is 127. The van der Waals surface area contributed by atoms with Gasteiger partial charge in [0.05, 0.1) is 11.9 Å². The summed E-state index contributed by atoms with van der Waals surface area (Å²) in [5, 5.41) is 7.06. The van der Waals surface area contributed by atoms with Crippen LogP contribution in [-0.4, -0.2) is 16.8 Å². The van der Waals surface area contributed by atoms with Crippen LogP contribution in [0.5, 0.6) is 0 Å². The normalized spacial score (nSPS) is 9.67. The molecule has 0 saturated heterocycles. The van der Waals surface area contributed by atoms with Crippen LogP contribution in [0.25, 0.3) is 0 Å². The Morgan fingerprint density at radius 3 is 2.67 bits per heavy atom. The van der Waals surface area contributed by atoms with Gasteiger partial charge < -0.3 is 5.32 Å². The molecule has 0 atom stereocenters. The molecule has 4 heteroatoms. The maximum absolute atomic E-state index is 4.03. The van der Waals surface area contributed by atoms with Crippen molar-refractivity contribution < 1.29 is 0 Å². The molecule has 1 aromatic rings. The Labute approximate surface area is 67.6 Å². The van der Waals surface area contributed by atoms with E-state index in [1.54, 1.807) is 0 Å². The number of aromatic nitrogens is 2. The minimum absolute atomic E-state index is 1.08. The molecule has 50 valence electrons. The highest BCUT2D eigenvalue weighted by Crippen LogP contribution is 2.14. The van der Waals surface area contributed by atoms with Gasteiger partial charge in [-0.05, 0) is 22.6 Å². The van der Waals surface area contributed by atoms with E-state index < -0.39 is 0 Å². The molecule has 1 N–H and O–H groups in total. The van der Waals surface area contributed by atoms with Crippen LogP contribution in [0.1, 0.15) is 0 Å². The first-order valence-electron chi connectivity index (χ1n) is 2.61. The molecule has 0 amide bonds. The first-order valence-corrected chi connectivity index (χ1v) is 3.69. The summed E-state index contributed by atoms with van der Waals surface area (Å²) in [4.78, 5) is 0. The quantitative estimate of drug-likeness (QED) is 0.740. The Morgan fingerprint density at radius 2 is 2.44 bits per heavy atom. The van der Waals surface area contributed by atoms with Crippen LogP contribution in [0.15, 0.2) is 6.20 Å². The van der Waals surface area contributed by atoms with Gasteiger partial charge in [-0.3, -0.25) is 4.68 Å². The van der Waals surface area contributed by atoms with E-state index in [1.807, 2.05) is 25.0 Å². The van der Waals surface area contributed by atoms with Gasteiger partial charge in [0.25, 0.3) is 0 Å². The van der Waals surface area contributed by atoms with Gasteiger partial charge in [-0.1, -0.05) is 0 Å². The predicted molar refractivity (Wildman–Crippen MR) is 45.5 cm³/mol. The van der Waals surface area contributed by atoms with Crippen molar-refractivity contribution in [2.45, 2.75) is 0 Å². The second kappa shape index (κ2) is 2.55. The van der Waals surface area contributed by atoms with E-state index in [1.165, 1.54) is 0 Å². The molecule has 0 fully saturated rings. The fraction of sp³-hybridized carbons (Fsp3) is 0.400. The Hall–Kier alpha value is -0.260. The predicted octanol–water partition coefficient (Wildman–Crippen LogP) is 1.07. The van der Waals surface area contributed by atoms with Gasteiger partial charge >= 0.3 is 0 Å². The topological polar surface area (TPSA) is 29.9 Å². The van der Waals surface area contributed by atoms with E-state index >= 15 is 0 Å². The maximum Gasteiger partial charge on any atom is 0.122 e. The average molecular weight is 237 g/mol. The lowest BCUT2D eigenvalue weighted by Crippen LogP contribution is -1.94. The Kier molecular flexibility index (Phi) is 1.94. The summed E-state index contributed by atoms with van der Waals surface area (Å²) in [6, 6.07) is 0. The molecule has 0 saturated carbocycles. The SMILES string of the molecule is CNc1cnn(C)c1I. The van der Waals surface area contributed by atoms with E-state index in [2.05, 4.69) is 33.0 Å². The second-order valence-electron chi connectivity index (χ2n) is 1.72. The van der Waals surface area contributed by atoms with Crippen molar-refractivity contribution in [2.24, 2.45) is 7.05 Å². The Morgan fingerprint density at radius 1 is 1.78 bits per heavy atom. The van der Waals surface area contributed by atoms with Crippen molar-refractivity contribution in [3.8, 4) is 0 Å². The van der Waals surface area contributed by atoms with E-state index in [4.69, 9.17) is 0 Å². The highest BCUT2D eigenvalue weighted by molar-refractivity contribution is 14.1. The largest absolute Gasteiger partial charge is 0.385 e. The van der Waals surface area contributed by atoms with Crippen molar-refractivity contribution in [3.05, 3.63) is 9.90 Å². The number of aryl methyl sites for hydroxylation is 1. The minimum Gasteiger partial charge on any atom is -0.385 e. The number of hydrogen-bond acceptors (Lipinski definition) is 2. The minimum atomic E-state index is 1.08. The summed E-state index contributed by atoms with van der Waals surface area (Å²) in [6.45, 7) is 0. The number of nitrogens with zero attached hydrogens (tertiary/aromatic N) is 2. The van der Waals surface area contributed by atoms with Crippen LogP contribution in [0.3, 0.4) is 0 Å². The van der Waals surface area contributed by atoms with Gasteiger partial charge in [-0.2, -0.15) is 5.10 Å². The molecule has 0 aliphatic carbocycles. The van der Waals surface area contributed by atoms with Crippen molar-refractivity contribution in [1.82, 2.24) is 9.78 Å². The average Bonchev–Trinajstić information content (AvgIpc) is 2.15. The lowest BCUT2D eigenvalue weighted by molar-refractivity contribution is 0.748. The van der Waals surface area contributed by atoms with Crippen molar-refractivity contribution in [3.63, 3.8) is 0 Å². The molecule has 0 radical (unpaired) electrons. The third-order valence-electron chi connectivity index (χ3n) is 1.14. The van der Waals surface area contributed by atoms with Crippen LogP contribution in [0.2, 0.25) is 0 Å². The molecule has 1 aromatic heterocycles. The number of hydrogen-bond donors (Lipinski definition) is 1. The molecule has 9 heavy (non-hydrogen) atoms. The Bertz CT molecular complexity index is 206. The molecule has 0 unspecified atom stereocenters. The molecule has 3 nitrogen and oxygen atoms in total. The fourth-order valence-corrected chi connectivity index (χ4v) is 1.12. The summed E-state index contributed by atoms with van der Waals surface area (Å²) in [7, 11) is 3.81. The zero-order chi connectivity index (χ0) is 6.85.